The van der Waals surface area contributed by atoms with Crippen LogP contribution >= 0.6 is 8.25 Å². The first-order valence-corrected chi connectivity index (χ1v) is 7.53. The molecule has 0 spiro atoms. The molecule has 0 aromatic carbocycles. The zero-order valence-electron chi connectivity index (χ0n) is 8.26. The van der Waals surface area contributed by atoms with Crippen LogP contribution in [0.25, 0.3) is 0 Å². The standard InChI is InChI=1S/C2HF6O9PS2/c3-1(4,5)19(10,11)16-14-18(9)15-17-20(12,13)2(6,7)8/h18H. The van der Waals surface area contributed by atoms with Crippen molar-refractivity contribution in [2.75, 3.05) is 0 Å². The summed E-state index contributed by atoms with van der Waals surface area (Å²) in [4.78, 5) is 0. The summed E-state index contributed by atoms with van der Waals surface area (Å²) in [6.07, 6.45) is 0. The van der Waals surface area contributed by atoms with E-state index in [1.165, 1.54) is 0 Å². The van der Waals surface area contributed by atoms with Crippen LogP contribution in [0, 0.1) is 0 Å². The SMILES string of the molecule is O=[PH](OOS(=O)(=O)C(F)(F)F)OOS(=O)(=O)C(F)(F)F. The van der Waals surface area contributed by atoms with Gasteiger partial charge in [0.15, 0.2) is 0 Å². The molecule has 0 aromatic rings. The van der Waals surface area contributed by atoms with Crippen molar-refractivity contribution in [3.05, 3.63) is 0 Å². The fourth-order valence-electron chi connectivity index (χ4n) is 0.236. The third kappa shape index (κ3) is 5.51. The molecule has 0 aliphatic carbocycles. The first-order chi connectivity index (χ1) is 8.60. The van der Waals surface area contributed by atoms with E-state index in [-0.39, 0.29) is 0 Å². The van der Waals surface area contributed by atoms with Gasteiger partial charge in [0.05, 0.1) is 0 Å². The Morgan fingerprint density at radius 2 is 0.950 bits per heavy atom. The molecule has 9 nitrogen and oxygen atoms in total. The highest BCUT2D eigenvalue weighted by molar-refractivity contribution is 7.87. The van der Waals surface area contributed by atoms with E-state index in [2.05, 4.69) is 18.0 Å². The van der Waals surface area contributed by atoms with Crippen molar-refractivity contribution in [1.29, 1.82) is 0 Å². The number of rotatable bonds is 6. The molecule has 0 saturated heterocycles. The quantitative estimate of drug-likeness (QED) is 0.219. The van der Waals surface area contributed by atoms with Crippen molar-refractivity contribution in [3.63, 3.8) is 0 Å². The number of hydrogen-bond donors (Lipinski definition) is 0. The Labute approximate surface area is 106 Å². The van der Waals surface area contributed by atoms with Gasteiger partial charge in [0.2, 0.25) is 0 Å². The van der Waals surface area contributed by atoms with E-state index in [9.17, 15) is 47.7 Å². The van der Waals surface area contributed by atoms with E-state index in [1.807, 2.05) is 0 Å². The molecule has 0 fully saturated rings. The van der Waals surface area contributed by atoms with Crippen molar-refractivity contribution in [3.8, 4) is 0 Å². The van der Waals surface area contributed by atoms with Crippen molar-refractivity contribution >= 4 is 28.5 Å². The minimum absolute atomic E-state index is 2.61. The molecular formula is C2HF6O9PS2. The lowest BCUT2D eigenvalue weighted by atomic mass is 11.6. The fraction of sp³-hybridized carbons (Fsp3) is 1.00. The van der Waals surface area contributed by atoms with Gasteiger partial charge in [0.1, 0.15) is 0 Å². The van der Waals surface area contributed by atoms with Crippen molar-refractivity contribution in [1.82, 2.24) is 0 Å². The molecule has 0 amide bonds. The molecule has 0 radical (unpaired) electrons. The smallest absolute Gasteiger partial charge is 0.258 e. The van der Waals surface area contributed by atoms with Crippen LogP contribution in [0.5, 0.6) is 0 Å². The van der Waals surface area contributed by atoms with Crippen LogP contribution < -0.4 is 0 Å². The molecule has 0 unspecified atom stereocenters. The van der Waals surface area contributed by atoms with Crippen LogP contribution in [0.15, 0.2) is 0 Å². The second-order valence-electron chi connectivity index (χ2n) is 2.35. The van der Waals surface area contributed by atoms with Crippen LogP contribution in [0.3, 0.4) is 0 Å². The normalized spacial score (nSPS) is 14.8. The molecule has 20 heavy (non-hydrogen) atoms. The molecule has 0 saturated carbocycles. The minimum Gasteiger partial charge on any atom is -0.258 e. The lowest BCUT2D eigenvalue weighted by Crippen LogP contribution is -2.25. The Hall–Kier alpha value is -0.450. The van der Waals surface area contributed by atoms with Gasteiger partial charge in [-0.15, -0.1) is 9.35 Å². The zero-order chi connectivity index (χ0) is 16.4. The minimum atomic E-state index is -6.38. The number of hydrogen-bond acceptors (Lipinski definition) is 9. The highest BCUT2D eigenvalue weighted by atomic mass is 32.2. The predicted octanol–water partition coefficient (Wildman–Crippen LogP) is 0.972. The molecule has 0 aliphatic rings. The molecule has 0 aliphatic heterocycles. The third-order valence-corrected chi connectivity index (χ3v) is 3.26. The summed E-state index contributed by atoms with van der Waals surface area (Å²) in [6.45, 7) is 0. The maximum absolute atomic E-state index is 11.6. The van der Waals surface area contributed by atoms with Gasteiger partial charge in [0.25, 0.3) is 0 Å². The summed E-state index contributed by atoms with van der Waals surface area (Å²) in [7, 11) is -17.4. The average Bonchev–Trinajstić information content (AvgIpc) is 2.20. The number of alkyl halides is 6. The Morgan fingerprint density at radius 1 is 0.700 bits per heavy atom. The van der Waals surface area contributed by atoms with E-state index < -0.39 is 39.5 Å². The summed E-state index contributed by atoms with van der Waals surface area (Å²) in [6, 6.07) is 0. The molecule has 0 atom stereocenters. The molecule has 122 valence electrons. The highest BCUT2D eigenvalue weighted by Crippen LogP contribution is 2.33. The Kier molecular flexibility index (Phi) is 5.98. The van der Waals surface area contributed by atoms with Gasteiger partial charge in [-0.3, -0.25) is 4.57 Å². The van der Waals surface area contributed by atoms with Crippen LogP contribution in [0.1, 0.15) is 0 Å². The maximum atomic E-state index is 11.6. The molecule has 0 N–H and O–H groups in total. The predicted molar refractivity (Wildman–Crippen MR) is 43.3 cm³/mol. The van der Waals surface area contributed by atoms with Gasteiger partial charge in [-0.2, -0.15) is 43.2 Å². The Bertz CT molecular complexity index is 506. The lowest BCUT2D eigenvalue weighted by Gasteiger charge is -2.08. The zero-order valence-corrected chi connectivity index (χ0v) is 10.9. The van der Waals surface area contributed by atoms with Crippen LogP contribution in [0.4, 0.5) is 26.3 Å². The largest absolute Gasteiger partial charge is 0.525 e. The topological polar surface area (TPSA) is 122 Å². The summed E-state index contributed by atoms with van der Waals surface area (Å²) in [5.74, 6) is 0. The number of halogens is 6. The second kappa shape index (κ2) is 6.12. The van der Waals surface area contributed by atoms with Crippen molar-refractivity contribution < 1.29 is 65.8 Å². The fourth-order valence-corrected chi connectivity index (χ4v) is 1.58. The van der Waals surface area contributed by atoms with Crippen LogP contribution in [-0.4, -0.2) is 27.9 Å². The van der Waals surface area contributed by atoms with Gasteiger partial charge in [0, 0.05) is 0 Å². The molecule has 0 aromatic heterocycles. The lowest BCUT2D eigenvalue weighted by molar-refractivity contribution is -0.175. The van der Waals surface area contributed by atoms with E-state index >= 15 is 0 Å². The van der Waals surface area contributed by atoms with Crippen molar-refractivity contribution in [2.45, 2.75) is 11.0 Å². The summed E-state index contributed by atoms with van der Waals surface area (Å²) < 4.78 is 132. The van der Waals surface area contributed by atoms with Crippen LogP contribution in [0.2, 0.25) is 0 Å². The molecule has 0 bridgehead atoms. The first-order valence-electron chi connectivity index (χ1n) is 3.49. The monoisotopic (exact) mass is 378 g/mol. The van der Waals surface area contributed by atoms with Gasteiger partial charge in [-0.05, 0) is 0 Å². The maximum Gasteiger partial charge on any atom is 0.525 e. The summed E-state index contributed by atoms with van der Waals surface area (Å²) >= 11 is 0. The molecule has 0 rings (SSSR count). The highest BCUT2D eigenvalue weighted by Gasteiger charge is 2.50. The van der Waals surface area contributed by atoms with Gasteiger partial charge >= 0.3 is 39.5 Å². The second-order valence-corrected chi connectivity index (χ2v) is 6.20. The summed E-state index contributed by atoms with van der Waals surface area (Å²) in [5, 5.41) is 0. The molecular weight excluding hydrogens is 377 g/mol. The Morgan fingerprint density at radius 3 is 1.15 bits per heavy atom. The van der Waals surface area contributed by atoms with Gasteiger partial charge < -0.3 is 0 Å². The van der Waals surface area contributed by atoms with E-state index in [0.717, 1.165) is 0 Å². The van der Waals surface area contributed by atoms with Gasteiger partial charge in [-0.1, -0.05) is 8.67 Å². The van der Waals surface area contributed by atoms with E-state index in [1.54, 1.807) is 0 Å². The van der Waals surface area contributed by atoms with E-state index in [0.29, 0.717) is 0 Å². The first kappa shape index (κ1) is 19.6. The van der Waals surface area contributed by atoms with Crippen molar-refractivity contribution in [2.24, 2.45) is 0 Å². The molecule has 18 heteroatoms. The Balaban J connectivity index is 4.50. The molecule has 0 heterocycles. The van der Waals surface area contributed by atoms with Crippen LogP contribution in [-0.2, 0) is 42.8 Å². The average molecular weight is 378 g/mol. The third-order valence-electron chi connectivity index (χ3n) is 0.950. The van der Waals surface area contributed by atoms with Gasteiger partial charge in [-0.25, -0.2) is 0 Å². The summed E-state index contributed by atoms with van der Waals surface area (Å²) in [5.41, 5.74) is -12.0. The van der Waals surface area contributed by atoms with E-state index in [4.69, 9.17) is 0 Å².